The Balaban J connectivity index is 2.47. The van der Waals surface area contributed by atoms with Gasteiger partial charge in [-0.05, 0) is 12.1 Å². The lowest BCUT2D eigenvalue weighted by Gasteiger charge is -2.18. The molecular weight excluding hydrogens is 172 g/mol. The van der Waals surface area contributed by atoms with Gasteiger partial charge in [-0.1, -0.05) is 30.3 Å². The van der Waals surface area contributed by atoms with Crippen LogP contribution in [0.4, 0.5) is 0 Å². The molecule has 1 aromatic heterocycles. The summed E-state index contributed by atoms with van der Waals surface area (Å²) in [7, 11) is 4.07. The molecule has 2 nitrogen and oxygen atoms in total. The van der Waals surface area contributed by atoms with E-state index < -0.39 is 0 Å². The highest BCUT2D eigenvalue weighted by atomic mass is 15.5. The van der Waals surface area contributed by atoms with E-state index in [1.807, 2.05) is 20.2 Å². The Morgan fingerprint density at radius 1 is 0.929 bits per heavy atom. The highest BCUT2D eigenvalue weighted by molar-refractivity contribution is 5.60. The second-order valence-corrected chi connectivity index (χ2v) is 3.45. The van der Waals surface area contributed by atoms with Gasteiger partial charge < -0.3 is 5.01 Å². The third-order valence-corrected chi connectivity index (χ3v) is 2.23. The molecule has 0 aliphatic carbocycles. The van der Waals surface area contributed by atoms with Gasteiger partial charge in [-0.25, -0.2) is 0 Å². The average molecular weight is 186 g/mol. The summed E-state index contributed by atoms with van der Waals surface area (Å²) in [6, 6.07) is 14.6. The van der Waals surface area contributed by atoms with E-state index in [1.165, 1.54) is 11.3 Å². The summed E-state index contributed by atoms with van der Waals surface area (Å²) in [5.41, 5.74) is 2.46. The Morgan fingerprint density at radius 2 is 1.64 bits per heavy atom. The molecule has 0 N–H and O–H groups in total. The van der Waals surface area contributed by atoms with Crippen molar-refractivity contribution < 1.29 is 0 Å². The van der Waals surface area contributed by atoms with Crippen molar-refractivity contribution in [1.82, 2.24) is 4.68 Å². The molecule has 0 aliphatic heterocycles. The molecule has 0 spiro atoms. The first-order chi connectivity index (χ1) is 6.79. The van der Waals surface area contributed by atoms with Gasteiger partial charge in [0, 0.05) is 25.9 Å². The fourth-order valence-corrected chi connectivity index (χ4v) is 1.56. The van der Waals surface area contributed by atoms with E-state index in [2.05, 4.69) is 52.3 Å². The van der Waals surface area contributed by atoms with Crippen molar-refractivity contribution >= 4 is 0 Å². The topological polar surface area (TPSA) is 8.17 Å². The van der Waals surface area contributed by atoms with Crippen molar-refractivity contribution in [3.8, 4) is 11.3 Å². The minimum Gasteiger partial charge on any atom is -0.319 e. The van der Waals surface area contributed by atoms with Crippen molar-refractivity contribution in [2.24, 2.45) is 0 Å². The lowest BCUT2D eigenvalue weighted by molar-refractivity contribution is 0.744. The zero-order valence-electron chi connectivity index (χ0n) is 8.51. The number of rotatable bonds is 2. The highest BCUT2D eigenvalue weighted by Gasteiger charge is 2.03. The zero-order valence-corrected chi connectivity index (χ0v) is 8.51. The number of hydrogen-bond acceptors (Lipinski definition) is 1. The second-order valence-electron chi connectivity index (χ2n) is 3.45. The first kappa shape index (κ1) is 8.88. The largest absolute Gasteiger partial charge is 0.319 e. The van der Waals surface area contributed by atoms with Crippen molar-refractivity contribution in [1.29, 1.82) is 0 Å². The molecule has 0 aliphatic rings. The van der Waals surface area contributed by atoms with Gasteiger partial charge in [0.2, 0.25) is 0 Å². The molecule has 2 rings (SSSR count). The monoisotopic (exact) mass is 186 g/mol. The molecule has 2 aromatic rings. The molecular formula is C12H14N2. The van der Waals surface area contributed by atoms with Gasteiger partial charge in [-0.3, -0.25) is 4.68 Å². The number of nitrogens with zero attached hydrogens (tertiary/aromatic N) is 2. The number of hydrogen-bond donors (Lipinski definition) is 0. The molecule has 14 heavy (non-hydrogen) atoms. The standard InChI is InChI=1S/C12H14N2/c1-13(2)14-10-6-9-12(14)11-7-4-3-5-8-11/h3-10H,1-2H3. The van der Waals surface area contributed by atoms with Gasteiger partial charge >= 0.3 is 0 Å². The first-order valence-electron chi connectivity index (χ1n) is 4.69. The van der Waals surface area contributed by atoms with Crippen LogP contribution in [0.2, 0.25) is 0 Å². The number of benzene rings is 1. The molecule has 0 unspecified atom stereocenters. The lowest BCUT2D eigenvalue weighted by atomic mass is 10.2. The van der Waals surface area contributed by atoms with E-state index in [1.54, 1.807) is 0 Å². The Morgan fingerprint density at radius 3 is 2.29 bits per heavy atom. The second kappa shape index (κ2) is 3.58. The molecule has 0 fully saturated rings. The van der Waals surface area contributed by atoms with E-state index in [-0.39, 0.29) is 0 Å². The molecule has 0 radical (unpaired) electrons. The fourth-order valence-electron chi connectivity index (χ4n) is 1.56. The van der Waals surface area contributed by atoms with E-state index >= 15 is 0 Å². The van der Waals surface area contributed by atoms with E-state index in [0.29, 0.717) is 0 Å². The third-order valence-electron chi connectivity index (χ3n) is 2.23. The summed E-state index contributed by atoms with van der Waals surface area (Å²) in [4.78, 5) is 0. The maximum atomic E-state index is 2.12. The van der Waals surface area contributed by atoms with Crippen LogP contribution < -0.4 is 5.01 Å². The average Bonchev–Trinajstić information content (AvgIpc) is 2.67. The van der Waals surface area contributed by atoms with Crippen molar-refractivity contribution in [3.05, 3.63) is 48.7 Å². The van der Waals surface area contributed by atoms with Crippen molar-refractivity contribution in [3.63, 3.8) is 0 Å². The number of aromatic nitrogens is 1. The van der Waals surface area contributed by atoms with Gasteiger partial charge in [-0.15, -0.1) is 0 Å². The molecule has 0 atom stereocenters. The smallest absolute Gasteiger partial charge is 0.0694 e. The van der Waals surface area contributed by atoms with Gasteiger partial charge in [0.05, 0.1) is 5.69 Å². The van der Waals surface area contributed by atoms with Crippen LogP contribution >= 0.6 is 0 Å². The van der Waals surface area contributed by atoms with E-state index in [4.69, 9.17) is 0 Å². The summed E-state index contributed by atoms with van der Waals surface area (Å²) in [5, 5.41) is 2.06. The molecule has 1 heterocycles. The fraction of sp³-hybridized carbons (Fsp3) is 0.167. The van der Waals surface area contributed by atoms with Crippen LogP contribution in [0.5, 0.6) is 0 Å². The minimum absolute atomic E-state index is 1.22. The molecule has 2 heteroatoms. The third kappa shape index (κ3) is 1.51. The lowest BCUT2D eigenvalue weighted by Crippen LogP contribution is -2.24. The van der Waals surface area contributed by atoms with Gasteiger partial charge in [-0.2, -0.15) is 0 Å². The van der Waals surface area contributed by atoms with Crippen LogP contribution in [0.1, 0.15) is 0 Å². The van der Waals surface area contributed by atoms with Crippen LogP contribution in [-0.4, -0.2) is 18.8 Å². The predicted molar refractivity (Wildman–Crippen MR) is 59.9 cm³/mol. The SMILES string of the molecule is CN(C)n1cccc1-c1ccccc1. The molecule has 0 saturated carbocycles. The van der Waals surface area contributed by atoms with Crippen LogP contribution in [0.15, 0.2) is 48.7 Å². The molecule has 0 saturated heterocycles. The first-order valence-corrected chi connectivity index (χ1v) is 4.69. The molecule has 0 bridgehead atoms. The maximum absolute atomic E-state index is 2.12. The quantitative estimate of drug-likeness (QED) is 0.699. The predicted octanol–water partition coefficient (Wildman–Crippen LogP) is 2.35. The van der Waals surface area contributed by atoms with Crippen molar-refractivity contribution in [2.75, 3.05) is 19.1 Å². The summed E-state index contributed by atoms with van der Waals surface area (Å²) in [6.45, 7) is 0. The maximum Gasteiger partial charge on any atom is 0.0694 e. The summed E-state index contributed by atoms with van der Waals surface area (Å²) < 4.78 is 2.12. The Bertz CT molecular complexity index is 401. The molecule has 0 amide bonds. The zero-order chi connectivity index (χ0) is 9.97. The van der Waals surface area contributed by atoms with E-state index in [0.717, 1.165) is 0 Å². The van der Waals surface area contributed by atoms with Crippen LogP contribution in [0.25, 0.3) is 11.3 Å². The highest BCUT2D eigenvalue weighted by Crippen LogP contribution is 2.18. The molecule has 72 valence electrons. The van der Waals surface area contributed by atoms with Crippen LogP contribution in [0.3, 0.4) is 0 Å². The summed E-state index contributed by atoms with van der Waals surface area (Å²) >= 11 is 0. The van der Waals surface area contributed by atoms with Crippen LogP contribution in [0, 0.1) is 0 Å². The summed E-state index contributed by atoms with van der Waals surface area (Å²) in [6.07, 6.45) is 2.06. The Hall–Kier alpha value is -1.70. The van der Waals surface area contributed by atoms with E-state index in [9.17, 15) is 0 Å². The minimum atomic E-state index is 1.22. The summed E-state index contributed by atoms with van der Waals surface area (Å²) in [5.74, 6) is 0. The van der Waals surface area contributed by atoms with Gasteiger partial charge in [0.15, 0.2) is 0 Å². The van der Waals surface area contributed by atoms with Crippen molar-refractivity contribution in [2.45, 2.75) is 0 Å². The normalized spacial score (nSPS) is 10.1. The van der Waals surface area contributed by atoms with Gasteiger partial charge in [0.1, 0.15) is 0 Å². The van der Waals surface area contributed by atoms with Gasteiger partial charge in [0.25, 0.3) is 0 Å². The Labute approximate surface area is 84.4 Å². The Kier molecular flexibility index (Phi) is 2.27. The molecule has 1 aromatic carbocycles. The van der Waals surface area contributed by atoms with Crippen LogP contribution in [-0.2, 0) is 0 Å².